The summed E-state index contributed by atoms with van der Waals surface area (Å²) in [5, 5.41) is 9.43. The Balaban J connectivity index is 2.13. The number of fused-ring (bicyclic) bond motifs is 1. The van der Waals surface area contributed by atoms with Crippen molar-refractivity contribution in [3.8, 4) is 17.1 Å². The highest BCUT2D eigenvalue weighted by Gasteiger charge is 2.06. The molecule has 0 saturated heterocycles. The summed E-state index contributed by atoms with van der Waals surface area (Å²) < 4.78 is 0. The number of imidazole rings is 1. The number of aromatic hydroxyl groups is 1. The number of rotatable bonds is 2. The zero-order valence-corrected chi connectivity index (χ0v) is 9.72. The molecule has 4 nitrogen and oxygen atoms in total. The van der Waals surface area contributed by atoms with Crippen LogP contribution in [0.3, 0.4) is 0 Å². The highest BCUT2D eigenvalue weighted by atomic mass is 16.3. The summed E-state index contributed by atoms with van der Waals surface area (Å²) in [7, 11) is 0. The van der Waals surface area contributed by atoms with Crippen LogP contribution >= 0.6 is 0 Å². The molecule has 3 aromatic rings. The highest BCUT2D eigenvalue weighted by molar-refractivity contribution is 5.80. The molecule has 4 heteroatoms. The van der Waals surface area contributed by atoms with Gasteiger partial charge in [-0.2, -0.15) is 0 Å². The number of phenolic OH excluding ortho intramolecular Hbond substituents is 1. The molecule has 90 valence electrons. The third kappa shape index (κ3) is 1.83. The number of nitrogens with one attached hydrogen (secondary N) is 1. The predicted octanol–water partition coefficient (Wildman–Crippen LogP) is 2.39. The van der Waals surface area contributed by atoms with Crippen molar-refractivity contribution < 1.29 is 5.11 Å². The van der Waals surface area contributed by atoms with E-state index in [1.54, 1.807) is 18.2 Å². The van der Waals surface area contributed by atoms with Gasteiger partial charge in [0.05, 0.1) is 11.0 Å². The largest absolute Gasteiger partial charge is 0.508 e. The highest BCUT2D eigenvalue weighted by Crippen LogP contribution is 2.23. The van der Waals surface area contributed by atoms with E-state index in [1.807, 2.05) is 24.3 Å². The predicted molar refractivity (Wildman–Crippen MR) is 71.1 cm³/mol. The number of nitrogens with two attached hydrogens (primary N) is 1. The van der Waals surface area contributed by atoms with E-state index in [4.69, 9.17) is 5.73 Å². The van der Waals surface area contributed by atoms with Crippen LogP contribution in [-0.4, -0.2) is 15.1 Å². The Morgan fingerprint density at radius 2 is 2.06 bits per heavy atom. The lowest BCUT2D eigenvalue weighted by Crippen LogP contribution is -1.95. The topological polar surface area (TPSA) is 74.9 Å². The van der Waals surface area contributed by atoms with Crippen molar-refractivity contribution in [3.63, 3.8) is 0 Å². The molecule has 1 aromatic heterocycles. The summed E-state index contributed by atoms with van der Waals surface area (Å²) in [5.41, 5.74) is 9.34. The molecular formula is C14H13N3O. The molecule has 0 aliphatic carbocycles. The van der Waals surface area contributed by atoms with Crippen molar-refractivity contribution in [2.45, 2.75) is 6.54 Å². The van der Waals surface area contributed by atoms with Crippen molar-refractivity contribution in [1.82, 2.24) is 9.97 Å². The average molecular weight is 239 g/mol. The number of aromatic amines is 1. The second kappa shape index (κ2) is 4.16. The Morgan fingerprint density at radius 3 is 2.89 bits per heavy atom. The first-order valence-electron chi connectivity index (χ1n) is 5.74. The molecule has 1 heterocycles. The molecule has 0 amide bonds. The van der Waals surface area contributed by atoms with Gasteiger partial charge in [-0.25, -0.2) is 4.98 Å². The lowest BCUT2D eigenvalue weighted by Gasteiger charge is -1.99. The maximum atomic E-state index is 9.43. The Kier molecular flexibility index (Phi) is 2.50. The average Bonchev–Trinajstić information content (AvgIpc) is 2.81. The normalized spacial score (nSPS) is 10.9. The van der Waals surface area contributed by atoms with Crippen LogP contribution in [0.5, 0.6) is 5.75 Å². The fourth-order valence-corrected chi connectivity index (χ4v) is 1.98. The number of aromatic nitrogens is 2. The van der Waals surface area contributed by atoms with Crippen molar-refractivity contribution >= 4 is 11.0 Å². The van der Waals surface area contributed by atoms with Gasteiger partial charge in [-0.05, 0) is 23.8 Å². The van der Waals surface area contributed by atoms with Gasteiger partial charge in [0.25, 0.3) is 0 Å². The van der Waals surface area contributed by atoms with E-state index in [9.17, 15) is 5.11 Å². The summed E-state index contributed by atoms with van der Waals surface area (Å²) in [6, 6.07) is 13.0. The first-order valence-corrected chi connectivity index (χ1v) is 5.74. The van der Waals surface area contributed by atoms with Gasteiger partial charge in [-0.15, -0.1) is 0 Å². The molecule has 2 aromatic carbocycles. The summed E-state index contributed by atoms with van der Waals surface area (Å²) >= 11 is 0. The molecule has 4 N–H and O–H groups in total. The third-order valence-electron chi connectivity index (χ3n) is 2.90. The first kappa shape index (κ1) is 10.8. The van der Waals surface area contributed by atoms with Crippen LogP contribution in [0, 0.1) is 0 Å². The summed E-state index contributed by atoms with van der Waals surface area (Å²) in [5.74, 6) is 1.01. The molecule has 0 radical (unpaired) electrons. The molecule has 0 saturated carbocycles. The van der Waals surface area contributed by atoms with Crippen LogP contribution in [-0.2, 0) is 6.54 Å². The van der Waals surface area contributed by atoms with Gasteiger partial charge < -0.3 is 15.8 Å². The fraction of sp³-hybridized carbons (Fsp3) is 0.0714. The number of hydrogen-bond acceptors (Lipinski definition) is 3. The van der Waals surface area contributed by atoms with E-state index in [1.165, 1.54) is 0 Å². The number of phenols is 1. The van der Waals surface area contributed by atoms with Gasteiger partial charge in [-0.1, -0.05) is 18.2 Å². The van der Waals surface area contributed by atoms with E-state index in [2.05, 4.69) is 9.97 Å². The Labute approximate surface area is 104 Å². The number of hydrogen-bond donors (Lipinski definition) is 3. The van der Waals surface area contributed by atoms with Crippen LogP contribution in [0.25, 0.3) is 22.4 Å². The zero-order chi connectivity index (χ0) is 12.5. The molecule has 0 fully saturated rings. The summed E-state index contributed by atoms with van der Waals surface area (Å²) in [6.45, 7) is 0.509. The molecule has 0 aliphatic rings. The van der Waals surface area contributed by atoms with Crippen molar-refractivity contribution in [1.29, 1.82) is 0 Å². The second-order valence-electron chi connectivity index (χ2n) is 4.19. The van der Waals surface area contributed by atoms with Gasteiger partial charge in [0.15, 0.2) is 0 Å². The lowest BCUT2D eigenvalue weighted by atomic mass is 10.1. The first-order chi connectivity index (χ1) is 8.76. The van der Waals surface area contributed by atoms with Gasteiger partial charge in [0.2, 0.25) is 0 Å². The van der Waals surface area contributed by atoms with E-state index in [0.717, 1.165) is 28.0 Å². The van der Waals surface area contributed by atoms with Gasteiger partial charge in [-0.3, -0.25) is 0 Å². The van der Waals surface area contributed by atoms with Crippen LogP contribution < -0.4 is 5.73 Å². The Morgan fingerprint density at radius 1 is 1.17 bits per heavy atom. The van der Waals surface area contributed by atoms with Gasteiger partial charge >= 0.3 is 0 Å². The third-order valence-corrected chi connectivity index (χ3v) is 2.90. The molecule has 0 unspecified atom stereocenters. The Bertz CT molecular complexity index is 703. The summed E-state index contributed by atoms with van der Waals surface area (Å²) in [6.07, 6.45) is 0. The van der Waals surface area contributed by atoms with Gasteiger partial charge in [0.1, 0.15) is 11.6 Å². The minimum atomic E-state index is 0.230. The molecule has 0 bridgehead atoms. The standard InChI is InChI=1S/C14H13N3O/c15-8-9-2-1-3-10(6-9)14-16-12-5-4-11(18)7-13(12)17-14/h1-7,18H,8,15H2,(H,16,17). The second-order valence-corrected chi connectivity index (χ2v) is 4.19. The molecule has 0 aliphatic heterocycles. The quantitative estimate of drug-likeness (QED) is 0.642. The number of H-pyrrole nitrogens is 1. The SMILES string of the molecule is NCc1cccc(-c2nc3ccc(O)cc3[nH]2)c1. The Hall–Kier alpha value is -2.33. The summed E-state index contributed by atoms with van der Waals surface area (Å²) in [4.78, 5) is 7.68. The van der Waals surface area contributed by atoms with Crippen LogP contribution in [0.1, 0.15) is 5.56 Å². The molecule has 3 rings (SSSR count). The zero-order valence-electron chi connectivity index (χ0n) is 9.72. The molecule has 18 heavy (non-hydrogen) atoms. The van der Waals surface area contributed by atoms with Crippen molar-refractivity contribution in [3.05, 3.63) is 48.0 Å². The number of benzene rings is 2. The lowest BCUT2D eigenvalue weighted by molar-refractivity contribution is 0.476. The minimum absolute atomic E-state index is 0.230. The smallest absolute Gasteiger partial charge is 0.138 e. The van der Waals surface area contributed by atoms with Gasteiger partial charge in [0, 0.05) is 18.2 Å². The maximum Gasteiger partial charge on any atom is 0.138 e. The number of nitrogens with zero attached hydrogens (tertiary/aromatic N) is 1. The van der Waals surface area contributed by atoms with E-state index in [0.29, 0.717) is 6.54 Å². The fourth-order valence-electron chi connectivity index (χ4n) is 1.98. The molecule has 0 atom stereocenters. The van der Waals surface area contributed by atoms with Crippen LogP contribution in [0.15, 0.2) is 42.5 Å². The van der Waals surface area contributed by atoms with Crippen molar-refractivity contribution in [2.75, 3.05) is 0 Å². The molecule has 0 spiro atoms. The van der Waals surface area contributed by atoms with Crippen LogP contribution in [0.4, 0.5) is 0 Å². The van der Waals surface area contributed by atoms with E-state index in [-0.39, 0.29) is 5.75 Å². The maximum absolute atomic E-state index is 9.43. The minimum Gasteiger partial charge on any atom is -0.508 e. The van der Waals surface area contributed by atoms with E-state index < -0.39 is 0 Å². The van der Waals surface area contributed by atoms with E-state index >= 15 is 0 Å². The van der Waals surface area contributed by atoms with Crippen molar-refractivity contribution in [2.24, 2.45) is 5.73 Å². The van der Waals surface area contributed by atoms with Crippen LogP contribution in [0.2, 0.25) is 0 Å². The monoisotopic (exact) mass is 239 g/mol. The molecular weight excluding hydrogens is 226 g/mol.